The zero-order valence-electron chi connectivity index (χ0n) is 16.0. The van der Waals surface area contributed by atoms with E-state index in [0.29, 0.717) is 11.8 Å². The molecular formula is C19H28O6Si. The highest BCUT2D eigenvalue weighted by atomic mass is 28.3. The van der Waals surface area contributed by atoms with E-state index >= 15 is 0 Å². The summed E-state index contributed by atoms with van der Waals surface area (Å²) in [7, 11) is -2.63. The van der Waals surface area contributed by atoms with E-state index in [0.717, 1.165) is 24.2 Å². The Morgan fingerprint density at radius 3 is 2.46 bits per heavy atom. The molecule has 1 aromatic rings. The van der Waals surface area contributed by atoms with E-state index in [-0.39, 0.29) is 0 Å². The summed E-state index contributed by atoms with van der Waals surface area (Å²) in [4.78, 5) is 22.6. The molecule has 26 heavy (non-hydrogen) atoms. The molecule has 0 saturated carbocycles. The van der Waals surface area contributed by atoms with Crippen molar-refractivity contribution in [1.29, 1.82) is 0 Å². The Balaban J connectivity index is 2.09. The molecule has 1 aromatic carbocycles. The summed E-state index contributed by atoms with van der Waals surface area (Å²) < 4.78 is 22.5. The van der Waals surface area contributed by atoms with E-state index in [1.165, 1.54) is 33.1 Å². The predicted molar refractivity (Wildman–Crippen MR) is 99.3 cm³/mol. The van der Waals surface area contributed by atoms with Crippen LogP contribution in [0.4, 0.5) is 0 Å². The van der Waals surface area contributed by atoms with Gasteiger partial charge in [-0.15, -0.1) is 0 Å². The molecule has 0 aliphatic carbocycles. The molecular weight excluding hydrogens is 352 g/mol. The van der Waals surface area contributed by atoms with Crippen molar-refractivity contribution in [3.8, 4) is 5.75 Å². The first kappa shape index (κ1) is 20.4. The molecule has 7 heteroatoms. The van der Waals surface area contributed by atoms with Crippen molar-refractivity contribution in [2.75, 3.05) is 0 Å². The maximum Gasteiger partial charge on any atom is 0.483 e. The molecule has 0 spiro atoms. The second kappa shape index (κ2) is 9.18. The predicted octanol–water partition coefficient (Wildman–Crippen LogP) is 2.84. The molecule has 1 aliphatic rings. The summed E-state index contributed by atoms with van der Waals surface area (Å²) in [6, 6.07) is 5.48. The standard InChI is InChI=1S/C19H28O6Si/c1-5-6-7-8-11-19(4)22-13-16-12-17(9-10-18(16)23-19)26(24-14(2)20)25-15(3)21/h9-10,12,26H,5-8,11,13H2,1-4H3. The summed E-state index contributed by atoms with van der Waals surface area (Å²) >= 11 is 0. The zero-order valence-corrected chi connectivity index (χ0v) is 17.2. The highest BCUT2D eigenvalue weighted by Gasteiger charge is 2.33. The van der Waals surface area contributed by atoms with Gasteiger partial charge in [-0.2, -0.15) is 0 Å². The lowest BCUT2D eigenvalue weighted by Crippen LogP contribution is -2.42. The first-order chi connectivity index (χ1) is 12.3. The molecule has 0 saturated heterocycles. The highest BCUT2D eigenvalue weighted by molar-refractivity contribution is 6.64. The Labute approximate surface area is 156 Å². The van der Waals surface area contributed by atoms with E-state index in [1.54, 1.807) is 6.07 Å². The minimum Gasteiger partial charge on any atom is -0.484 e. The second-order valence-corrected chi connectivity index (χ2v) is 8.56. The molecule has 0 radical (unpaired) electrons. The Bertz CT molecular complexity index is 631. The van der Waals surface area contributed by atoms with Crippen LogP contribution in [-0.2, 0) is 29.8 Å². The van der Waals surface area contributed by atoms with E-state index < -0.39 is 27.0 Å². The van der Waals surface area contributed by atoms with Crippen LogP contribution in [0.1, 0.15) is 65.4 Å². The van der Waals surface area contributed by atoms with Crippen LogP contribution in [0.3, 0.4) is 0 Å². The Kier molecular flexibility index (Phi) is 7.22. The average molecular weight is 381 g/mol. The third kappa shape index (κ3) is 5.84. The molecule has 1 atom stereocenters. The van der Waals surface area contributed by atoms with Crippen molar-refractivity contribution in [3.63, 3.8) is 0 Å². The van der Waals surface area contributed by atoms with Crippen molar-refractivity contribution in [1.82, 2.24) is 0 Å². The maximum absolute atomic E-state index is 11.3. The summed E-state index contributed by atoms with van der Waals surface area (Å²) in [5.41, 5.74) is 0.866. The molecule has 1 unspecified atom stereocenters. The van der Waals surface area contributed by atoms with Gasteiger partial charge >= 0.3 is 9.28 Å². The SMILES string of the molecule is CCCCCCC1(C)OCc2cc([SiH](OC(C)=O)OC(C)=O)ccc2O1. The number of unbranched alkanes of at least 4 members (excludes halogenated alkanes) is 3. The zero-order chi connectivity index (χ0) is 19.2. The average Bonchev–Trinajstić information content (AvgIpc) is 2.57. The third-order valence-electron chi connectivity index (χ3n) is 4.25. The number of fused-ring (bicyclic) bond motifs is 1. The van der Waals surface area contributed by atoms with Crippen LogP contribution in [0.25, 0.3) is 0 Å². The third-order valence-corrected chi connectivity index (χ3v) is 6.24. The first-order valence-corrected chi connectivity index (χ1v) is 10.7. The van der Waals surface area contributed by atoms with Crippen LogP contribution >= 0.6 is 0 Å². The molecule has 0 bridgehead atoms. The number of hydrogen-bond acceptors (Lipinski definition) is 6. The van der Waals surface area contributed by atoms with Gasteiger partial charge in [-0.1, -0.05) is 32.3 Å². The van der Waals surface area contributed by atoms with Crippen LogP contribution in [0.2, 0.25) is 0 Å². The van der Waals surface area contributed by atoms with E-state index in [4.69, 9.17) is 18.3 Å². The molecule has 0 fully saturated rings. The molecule has 0 N–H and O–H groups in total. The molecule has 144 valence electrons. The molecule has 0 aromatic heterocycles. The summed E-state index contributed by atoms with van der Waals surface area (Å²) in [5, 5.41) is 0.702. The Morgan fingerprint density at radius 2 is 1.85 bits per heavy atom. The quantitative estimate of drug-likeness (QED) is 0.510. The van der Waals surface area contributed by atoms with Crippen molar-refractivity contribution in [2.24, 2.45) is 0 Å². The molecule has 1 heterocycles. The van der Waals surface area contributed by atoms with E-state index in [2.05, 4.69) is 6.92 Å². The Hall–Kier alpha value is -1.86. The molecule has 0 amide bonds. The monoisotopic (exact) mass is 380 g/mol. The number of ether oxygens (including phenoxy) is 2. The Morgan fingerprint density at radius 1 is 1.15 bits per heavy atom. The number of benzene rings is 1. The summed E-state index contributed by atoms with van der Waals surface area (Å²) in [5.74, 6) is -0.790. The van der Waals surface area contributed by atoms with Gasteiger partial charge in [-0.25, -0.2) is 0 Å². The maximum atomic E-state index is 11.3. The van der Waals surface area contributed by atoms with Crippen LogP contribution in [0.15, 0.2) is 18.2 Å². The van der Waals surface area contributed by atoms with Gasteiger partial charge in [0.15, 0.2) is 0 Å². The van der Waals surface area contributed by atoms with Gasteiger partial charge in [0.1, 0.15) is 5.75 Å². The summed E-state index contributed by atoms with van der Waals surface area (Å²) in [6.07, 6.45) is 5.48. The van der Waals surface area contributed by atoms with Gasteiger partial charge in [-0.3, -0.25) is 9.59 Å². The fourth-order valence-corrected chi connectivity index (χ4v) is 4.42. The smallest absolute Gasteiger partial charge is 0.483 e. The van der Waals surface area contributed by atoms with Gasteiger partial charge in [0.25, 0.3) is 11.9 Å². The lowest BCUT2D eigenvalue weighted by atomic mass is 10.1. The van der Waals surface area contributed by atoms with Crippen LogP contribution in [0, 0.1) is 0 Å². The van der Waals surface area contributed by atoms with Crippen LogP contribution in [-0.4, -0.2) is 27.0 Å². The first-order valence-electron chi connectivity index (χ1n) is 9.13. The van der Waals surface area contributed by atoms with Gasteiger partial charge in [0.2, 0.25) is 5.79 Å². The van der Waals surface area contributed by atoms with Gasteiger partial charge in [0, 0.05) is 37.9 Å². The van der Waals surface area contributed by atoms with Crippen molar-refractivity contribution in [2.45, 2.75) is 72.2 Å². The minimum atomic E-state index is -2.63. The number of rotatable bonds is 8. The van der Waals surface area contributed by atoms with Gasteiger partial charge in [-0.05, 0) is 18.6 Å². The molecule has 1 aliphatic heterocycles. The lowest BCUT2D eigenvalue weighted by Gasteiger charge is -2.36. The second-order valence-electron chi connectivity index (χ2n) is 6.75. The lowest BCUT2D eigenvalue weighted by molar-refractivity contribution is -0.198. The number of hydrogen-bond donors (Lipinski definition) is 0. The van der Waals surface area contributed by atoms with E-state index in [9.17, 15) is 9.59 Å². The normalized spacial score (nSPS) is 18.8. The highest BCUT2D eigenvalue weighted by Crippen LogP contribution is 2.33. The summed E-state index contributed by atoms with van der Waals surface area (Å²) in [6.45, 7) is 7.17. The molecule has 2 rings (SSSR count). The van der Waals surface area contributed by atoms with Gasteiger partial charge in [0.05, 0.1) is 6.61 Å². The minimum absolute atomic E-state index is 0.411. The largest absolute Gasteiger partial charge is 0.484 e. The fraction of sp³-hybridized carbons (Fsp3) is 0.579. The topological polar surface area (TPSA) is 71.1 Å². The van der Waals surface area contributed by atoms with E-state index in [1.807, 2.05) is 19.1 Å². The fourth-order valence-electron chi connectivity index (χ4n) is 2.91. The van der Waals surface area contributed by atoms with Crippen LogP contribution < -0.4 is 9.92 Å². The van der Waals surface area contributed by atoms with Crippen LogP contribution in [0.5, 0.6) is 5.75 Å². The van der Waals surface area contributed by atoms with Crippen molar-refractivity contribution >= 4 is 26.4 Å². The van der Waals surface area contributed by atoms with Crippen molar-refractivity contribution in [3.05, 3.63) is 23.8 Å². The van der Waals surface area contributed by atoms with Crippen molar-refractivity contribution < 1.29 is 27.9 Å². The van der Waals surface area contributed by atoms with Gasteiger partial charge < -0.3 is 18.3 Å². The number of carbonyl (C=O) groups is 2. The molecule has 6 nitrogen and oxygen atoms in total. The number of carbonyl (C=O) groups excluding carboxylic acids is 2.